The third-order valence-electron chi connectivity index (χ3n) is 6.50. The maximum absolute atomic E-state index is 11.8. The van der Waals surface area contributed by atoms with E-state index in [-0.39, 0.29) is 11.9 Å². The third-order valence-corrected chi connectivity index (χ3v) is 6.50. The zero-order valence-electron chi connectivity index (χ0n) is 21.2. The zero-order chi connectivity index (χ0) is 26.5. The van der Waals surface area contributed by atoms with Crippen LogP contribution in [-0.2, 0) is 9.53 Å². The number of aromatic nitrogens is 2. The molecule has 0 unspecified atom stereocenters. The predicted octanol–water partition coefficient (Wildman–Crippen LogP) is 4.34. The molecule has 0 bridgehead atoms. The summed E-state index contributed by atoms with van der Waals surface area (Å²) < 4.78 is 11.3. The van der Waals surface area contributed by atoms with Gasteiger partial charge in [-0.3, -0.25) is 4.79 Å². The van der Waals surface area contributed by atoms with Crippen molar-refractivity contribution in [3.63, 3.8) is 0 Å². The molecule has 194 valence electrons. The second kappa shape index (κ2) is 11.3. The van der Waals surface area contributed by atoms with Crippen LogP contribution in [0.5, 0.6) is 5.75 Å². The monoisotopic (exact) mass is 510 g/mol. The van der Waals surface area contributed by atoms with Crippen molar-refractivity contribution in [2.45, 2.75) is 6.04 Å². The molecule has 1 amide bonds. The summed E-state index contributed by atoms with van der Waals surface area (Å²) >= 11 is 0. The lowest BCUT2D eigenvalue weighted by Gasteiger charge is -2.37. The van der Waals surface area contributed by atoms with E-state index < -0.39 is 0 Å². The predicted molar refractivity (Wildman–Crippen MR) is 151 cm³/mol. The van der Waals surface area contributed by atoms with Gasteiger partial charge in [-0.05, 0) is 35.9 Å². The second-order valence-corrected chi connectivity index (χ2v) is 8.88. The number of hydrogen-bond acceptors (Lipinski definition) is 8. The summed E-state index contributed by atoms with van der Waals surface area (Å²) in [4.78, 5) is 23.4. The molecule has 1 fully saturated rings. The molecule has 1 atom stereocenters. The van der Waals surface area contributed by atoms with Crippen LogP contribution >= 0.6 is 0 Å². The Labute approximate surface area is 221 Å². The number of morpholine rings is 1. The van der Waals surface area contributed by atoms with Gasteiger partial charge in [0.1, 0.15) is 5.75 Å². The van der Waals surface area contributed by atoms with Crippen molar-refractivity contribution in [3.05, 3.63) is 79.5 Å². The fourth-order valence-electron chi connectivity index (χ4n) is 4.58. The van der Waals surface area contributed by atoms with Crippen LogP contribution in [-0.4, -0.2) is 55.3 Å². The SMILES string of the molecule is C=CC(=O)Nc1cccc(-c2cccc3cnc(Nc4ccc(N5CCOC[C@@H]5CN)cc4OC)nc23)c1. The highest BCUT2D eigenvalue weighted by atomic mass is 16.5. The molecule has 3 aromatic carbocycles. The molecule has 4 aromatic rings. The molecule has 5 rings (SSSR count). The number of ether oxygens (including phenoxy) is 2. The topological polar surface area (TPSA) is 115 Å². The Balaban J connectivity index is 1.46. The highest BCUT2D eigenvalue weighted by molar-refractivity contribution is 6.00. The van der Waals surface area contributed by atoms with E-state index in [1.165, 1.54) is 6.08 Å². The first-order valence-corrected chi connectivity index (χ1v) is 12.4. The van der Waals surface area contributed by atoms with Crippen LogP contribution in [0.15, 0.2) is 79.5 Å². The normalized spacial score (nSPS) is 15.2. The van der Waals surface area contributed by atoms with Gasteiger partial charge in [0.2, 0.25) is 11.9 Å². The van der Waals surface area contributed by atoms with Gasteiger partial charge in [0.05, 0.1) is 37.6 Å². The summed E-state index contributed by atoms with van der Waals surface area (Å²) in [5.74, 6) is 0.853. The number of fused-ring (bicyclic) bond motifs is 1. The van der Waals surface area contributed by atoms with Gasteiger partial charge in [0, 0.05) is 47.7 Å². The first-order chi connectivity index (χ1) is 18.6. The smallest absolute Gasteiger partial charge is 0.247 e. The van der Waals surface area contributed by atoms with Gasteiger partial charge in [-0.1, -0.05) is 36.9 Å². The molecule has 0 saturated carbocycles. The van der Waals surface area contributed by atoms with Crippen LogP contribution in [0, 0.1) is 0 Å². The number of anilines is 4. The fourth-order valence-corrected chi connectivity index (χ4v) is 4.58. The number of nitrogens with zero attached hydrogens (tertiary/aromatic N) is 3. The van der Waals surface area contributed by atoms with E-state index in [4.69, 9.17) is 20.2 Å². The molecule has 1 aromatic heterocycles. The quantitative estimate of drug-likeness (QED) is 0.300. The van der Waals surface area contributed by atoms with Gasteiger partial charge in [0.15, 0.2) is 0 Å². The van der Waals surface area contributed by atoms with Gasteiger partial charge in [-0.25, -0.2) is 9.97 Å². The van der Waals surface area contributed by atoms with E-state index in [0.717, 1.165) is 39.9 Å². The van der Waals surface area contributed by atoms with Gasteiger partial charge in [0.25, 0.3) is 0 Å². The minimum absolute atomic E-state index is 0.123. The zero-order valence-corrected chi connectivity index (χ0v) is 21.2. The summed E-state index contributed by atoms with van der Waals surface area (Å²) in [5, 5.41) is 7.02. The number of para-hydroxylation sites is 1. The maximum atomic E-state index is 11.8. The van der Waals surface area contributed by atoms with Crippen molar-refractivity contribution in [1.29, 1.82) is 0 Å². The molecule has 0 spiro atoms. The summed E-state index contributed by atoms with van der Waals surface area (Å²) in [7, 11) is 1.64. The van der Waals surface area contributed by atoms with E-state index in [1.807, 2.05) is 60.7 Å². The molecule has 38 heavy (non-hydrogen) atoms. The van der Waals surface area contributed by atoms with Gasteiger partial charge >= 0.3 is 0 Å². The number of rotatable bonds is 8. The Bertz CT molecular complexity index is 1470. The Kier molecular flexibility index (Phi) is 7.48. The van der Waals surface area contributed by atoms with Gasteiger partial charge < -0.3 is 30.7 Å². The molecule has 2 heterocycles. The number of carbonyl (C=O) groups is 1. The van der Waals surface area contributed by atoms with Crippen molar-refractivity contribution in [2.24, 2.45) is 5.73 Å². The molecular formula is C29H30N6O3. The number of methoxy groups -OCH3 is 1. The average Bonchev–Trinajstić information content (AvgIpc) is 2.97. The van der Waals surface area contributed by atoms with Crippen molar-refractivity contribution >= 4 is 39.8 Å². The number of nitrogens with two attached hydrogens (primary N) is 1. The van der Waals surface area contributed by atoms with Crippen LogP contribution in [0.4, 0.5) is 23.0 Å². The van der Waals surface area contributed by atoms with E-state index in [9.17, 15) is 4.79 Å². The van der Waals surface area contributed by atoms with E-state index in [1.54, 1.807) is 13.3 Å². The molecule has 1 saturated heterocycles. The summed E-state index contributed by atoms with van der Waals surface area (Å²) in [6.07, 6.45) is 3.03. The van der Waals surface area contributed by atoms with Gasteiger partial charge in [-0.15, -0.1) is 0 Å². The number of hydrogen-bond donors (Lipinski definition) is 3. The standard InChI is InChI=1S/C29H30N6O3/c1-3-27(36)32-21-8-4-6-19(14-21)24-9-5-7-20-17-31-29(34-28(20)24)33-25-11-10-22(15-26(25)37-2)35-12-13-38-18-23(35)16-30/h3-11,14-15,17,23H,1,12-13,16,18,30H2,2H3,(H,32,36)(H,31,33,34)/t23-/m0/s1. The Morgan fingerprint density at radius 3 is 2.92 bits per heavy atom. The van der Waals surface area contributed by atoms with Crippen LogP contribution in [0.1, 0.15) is 0 Å². The summed E-state index contributed by atoms with van der Waals surface area (Å²) in [5.41, 5.74) is 11.0. The van der Waals surface area contributed by atoms with Crippen LogP contribution in [0.25, 0.3) is 22.0 Å². The average molecular weight is 511 g/mol. The molecule has 9 heteroatoms. The molecule has 9 nitrogen and oxygen atoms in total. The van der Waals surface area contributed by atoms with Crippen LogP contribution in [0.2, 0.25) is 0 Å². The van der Waals surface area contributed by atoms with Crippen LogP contribution in [0.3, 0.4) is 0 Å². The molecule has 0 radical (unpaired) electrons. The lowest BCUT2D eigenvalue weighted by atomic mass is 10.0. The Hall–Kier alpha value is -4.47. The summed E-state index contributed by atoms with van der Waals surface area (Å²) in [6.45, 7) is 6.07. The first-order valence-electron chi connectivity index (χ1n) is 12.4. The van der Waals surface area contributed by atoms with Crippen molar-refractivity contribution in [3.8, 4) is 16.9 Å². The Morgan fingerprint density at radius 1 is 1.24 bits per heavy atom. The highest BCUT2D eigenvalue weighted by Gasteiger charge is 2.23. The van der Waals surface area contributed by atoms with E-state index >= 15 is 0 Å². The van der Waals surface area contributed by atoms with Crippen LogP contribution < -0.4 is 26.0 Å². The highest BCUT2D eigenvalue weighted by Crippen LogP contribution is 2.34. The second-order valence-electron chi connectivity index (χ2n) is 8.88. The largest absolute Gasteiger partial charge is 0.494 e. The lowest BCUT2D eigenvalue weighted by molar-refractivity contribution is -0.111. The minimum Gasteiger partial charge on any atom is -0.494 e. The number of nitrogens with one attached hydrogen (secondary N) is 2. The van der Waals surface area contributed by atoms with Crippen molar-refractivity contribution in [1.82, 2.24) is 9.97 Å². The van der Waals surface area contributed by atoms with Gasteiger partial charge in [-0.2, -0.15) is 0 Å². The fraction of sp³-hybridized carbons (Fsp3) is 0.207. The Morgan fingerprint density at radius 2 is 2.11 bits per heavy atom. The number of carbonyl (C=O) groups excluding carboxylic acids is 1. The van der Waals surface area contributed by atoms with Crippen molar-refractivity contribution in [2.75, 3.05) is 48.9 Å². The number of benzene rings is 3. The number of amides is 1. The molecule has 1 aliphatic rings. The first kappa shape index (κ1) is 25.2. The van der Waals surface area contributed by atoms with E-state index in [0.29, 0.717) is 37.1 Å². The molecule has 4 N–H and O–H groups in total. The molecule has 1 aliphatic heterocycles. The minimum atomic E-state index is -0.263. The summed E-state index contributed by atoms with van der Waals surface area (Å²) in [6, 6.07) is 19.7. The lowest BCUT2D eigenvalue weighted by Crippen LogP contribution is -2.49. The molecule has 0 aliphatic carbocycles. The third kappa shape index (κ3) is 5.29. The maximum Gasteiger partial charge on any atom is 0.247 e. The van der Waals surface area contributed by atoms with E-state index in [2.05, 4.69) is 27.1 Å². The molecular weight excluding hydrogens is 480 g/mol. The van der Waals surface area contributed by atoms with Crippen molar-refractivity contribution < 1.29 is 14.3 Å².